The third-order valence-electron chi connectivity index (χ3n) is 5.31. The summed E-state index contributed by atoms with van der Waals surface area (Å²) in [6.45, 7) is 7.48. The maximum Gasteiger partial charge on any atom is 0.330 e. The van der Waals surface area contributed by atoms with Crippen LogP contribution >= 0.6 is 0 Å². The van der Waals surface area contributed by atoms with Gasteiger partial charge in [-0.1, -0.05) is 12.6 Å². The van der Waals surface area contributed by atoms with E-state index in [1.807, 2.05) is 6.07 Å². The summed E-state index contributed by atoms with van der Waals surface area (Å²) in [4.78, 5) is 41.7. The number of hydrogen-bond acceptors (Lipinski definition) is 6. The van der Waals surface area contributed by atoms with E-state index in [1.165, 1.54) is 6.08 Å². The Morgan fingerprint density at radius 2 is 1.97 bits per heavy atom. The fraction of sp³-hybridized carbons (Fsp3) is 0.333. The van der Waals surface area contributed by atoms with E-state index < -0.39 is 0 Å². The first kappa shape index (κ1) is 19.8. The van der Waals surface area contributed by atoms with Crippen LogP contribution in [0.25, 0.3) is 0 Å². The summed E-state index contributed by atoms with van der Waals surface area (Å²) in [6, 6.07) is 6.94. The molecule has 0 bridgehead atoms. The molecule has 0 radical (unpaired) electrons. The summed E-state index contributed by atoms with van der Waals surface area (Å²) < 4.78 is 0. The van der Waals surface area contributed by atoms with Gasteiger partial charge in [0.25, 0.3) is 0 Å². The number of rotatable bonds is 4. The van der Waals surface area contributed by atoms with E-state index >= 15 is 0 Å². The summed E-state index contributed by atoms with van der Waals surface area (Å²) in [6.07, 6.45) is 3.01. The van der Waals surface area contributed by atoms with Crippen LogP contribution in [0, 0.1) is 0 Å². The average Bonchev–Trinajstić information content (AvgIpc) is 2.75. The normalized spacial score (nSPS) is 17.0. The van der Waals surface area contributed by atoms with Crippen LogP contribution in [0.15, 0.2) is 43.1 Å². The highest BCUT2D eigenvalue weighted by atomic mass is 16.2. The molecule has 0 saturated carbocycles. The number of anilines is 4. The second-order valence-corrected chi connectivity index (χ2v) is 7.53. The number of aromatic nitrogens is 2. The number of fused-ring (bicyclic) bond motifs is 1. The number of likely N-dealkylation sites (N-methyl/N-ethyl adjacent to an activating group) is 1. The molecule has 1 fully saturated rings. The minimum atomic E-state index is -0.311. The van der Waals surface area contributed by atoms with Crippen molar-refractivity contribution in [1.29, 1.82) is 0 Å². The van der Waals surface area contributed by atoms with Gasteiger partial charge in [0.1, 0.15) is 0 Å². The number of urea groups is 1. The molecule has 156 valence electrons. The second kappa shape index (κ2) is 8.11. The number of hydrogen-bond donors (Lipinski definition) is 1. The molecule has 0 unspecified atom stereocenters. The molecule has 9 heteroatoms. The van der Waals surface area contributed by atoms with Gasteiger partial charge in [-0.05, 0) is 31.3 Å². The monoisotopic (exact) mass is 407 g/mol. The van der Waals surface area contributed by atoms with E-state index in [9.17, 15) is 9.59 Å². The van der Waals surface area contributed by atoms with Crippen molar-refractivity contribution in [1.82, 2.24) is 19.8 Å². The molecule has 2 aromatic rings. The second-order valence-electron chi connectivity index (χ2n) is 7.53. The molecule has 1 saturated heterocycles. The van der Waals surface area contributed by atoms with Gasteiger partial charge >= 0.3 is 6.03 Å². The molecule has 3 amide bonds. The highest BCUT2D eigenvalue weighted by Crippen LogP contribution is 2.34. The SMILES string of the molecule is C=CC(=O)Nc1cccc(N2C(=O)N(C)Cc3cnc(N4CCN(C)CC4)nc32)c1. The smallest absolute Gasteiger partial charge is 0.330 e. The first-order chi connectivity index (χ1) is 14.5. The Morgan fingerprint density at radius 1 is 1.20 bits per heavy atom. The number of carbonyl (C=O) groups is 2. The molecule has 1 aromatic carbocycles. The maximum atomic E-state index is 13.1. The molecular formula is C21H25N7O2. The van der Waals surface area contributed by atoms with E-state index in [0.29, 0.717) is 29.7 Å². The zero-order valence-electron chi connectivity index (χ0n) is 17.2. The van der Waals surface area contributed by atoms with Gasteiger partial charge in [0, 0.05) is 50.7 Å². The zero-order valence-corrected chi connectivity index (χ0v) is 17.2. The van der Waals surface area contributed by atoms with Crippen LogP contribution in [0.3, 0.4) is 0 Å². The number of amides is 3. The largest absolute Gasteiger partial charge is 0.338 e. The minimum absolute atomic E-state index is 0.183. The highest BCUT2D eigenvalue weighted by Gasteiger charge is 2.32. The van der Waals surface area contributed by atoms with Crippen LogP contribution in [0.2, 0.25) is 0 Å². The fourth-order valence-corrected chi connectivity index (χ4v) is 3.59. The molecule has 0 spiro atoms. The van der Waals surface area contributed by atoms with E-state index in [-0.39, 0.29) is 11.9 Å². The Balaban J connectivity index is 1.71. The van der Waals surface area contributed by atoms with Gasteiger partial charge in [-0.15, -0.1) is 0 Å². The predicted molar refractivity (Wildman–Crippen MR) is 116 cm³/mol. The highest BCUT2D eigenvalue weighted by molar-refractivity contribution is 6.02. The van der Waals surface area contributed by atoms with Crippen molar-refractivity contribution in [2.75, 3.05) is 55.4 Å². The van der Waals surface area contributed by atoms with Gasteiger partial charge in [-0.25, -0.2) is 14.7 Å². The molecule has 30 heavy (non-hydrogen) atoms. The molecule has 4 rings (SSSR count). The van der Waals surface area contributed by atoms with Crippen LogP contribution in [-0.2, 0) is 11.3 Å². The van der Waals surface area contributed by atoms with Gasteiger partial charge in [0.05, 0.1) is 12.2 Å². The topological polar surface area (TPSA) is 84.9 Å². The van der Waals surface area contributed by atoms with Crippen LogP contribution in [0.5, 0.6) is 0 Å². The number of piperazine rings is 1. The van der Waals surface area contributed by atoms with Crippen LogP contribution in [0.1, 0.15) is 5.56 Å². The van der Waals surface area contributed by atoms with Gasteiger partial charge < -0.3 is 20.0 Å². The van der Waals surface area contributed by atoms with Crippen molar-refractivity contribution in [3.63, 3.8) is 0 Å². The summed E-state index contributed by atoms with van der Waals surface area (Å²) in [5.41, 5.74) is 2.07. The van der Waals surface area contributed by atoms with Crippen molar-refractivity contribution in [2.45, 2.75) is 6.54 Å². The van der Waals surface area contributed by atoms with Gasteiger partial charge in [-0.2, -0.15) is 4.98 Å². The molecule has 9 nitrogen and oxygen atoms in total. The van der Waals surface area contributed by atoms with Gasteiger partial charge in [-0.3, -0.25) is 4.79 Å². The molecule has 0 aliphatic carbocycles. The number of nitrogens with one attached hydrogen (secondary N) is 1. The maximum absolute atomic E-state index is 13.1. The Kier molecular flexibility index (Phi) is 5.37. The molecule has 1 aromatic heterocycles. The molecule has 1 N–H and O–H groups in total. The van der Waals surface area contributed by atoms with Gasteiger partial charge in [0.2, 0.25) is 11.9 Å². The fourth-order valence-electron chi connectivity index (χ4n) is 3.59. The Labute approximate surface area is 175 Å². The lowest BCUT2D eigenvalue weighted by Gasteiger charge is -2.36. The van der Waals surface area contributed by atoms with Crippen LogP contribution in [0.4, 0.5) is 27.9 Å². The van der Waals surface area contributed by atoms with E-state index in [4.69, 9.17) is 4.98 Å². The standard InChI is InChI=1S/C21H25N7O2/c1-4-18(29)23-16-6-5-7-17(12-16)28-19-15(14-26(3)21(28)30)13-22-20(24-19)27-10-8-25(2)9-11-27/h4-7,12-13H,1,8-11,14H2,2-3H3,(H,23,29). The quantitative estimate of drug-likeness (QED) is 0.781. The van der Waals surface area contributed by atoms with E-state index in [1.54, 1.807) is 41.2 Å². The molecule has 3 heterocycles. The molecule has 2 aliphatic rings. The van der Waals surface area contributed by atoms with Gasteiger partial charge in [0.15, 0.2) is 5.82 Å². The van der Waals surface area contributed by atoms with Crippen molar-refractivity contribution < 1.29 is 9.59 Å². The molecule has 0 atom stereocenters. The zero-order chi connectivity index (χ0) is 21.3. The Morgan fingerprint density at radius 3 is 2.70 bits per heavy atom. The van der Waals surface area contributed by atoms with Crippen molar-refractivity contribution in [3.05, 3.63) is 48.7 Å². The summed E-state index contributed by atoms with van der Waals surface area (Å²) in [7, 11) is 3.84. The van der Waals surface area contributed by atoms with Crippen LogP contribution in [-0.4, -0.2) is 72.0 Å². The molecular weight excluding hydrogens is 382 g/mol. The predicted octanol–water partition coefficient (Wildman–Crippen LogP) is 2.06. The van der Waals surface area contributed by atoms with Crippen molar-refractivity contribution in [2.24, 2.45) is 0 Å². The van der Waals surface area contributed by atoms with E-state index in [2.05, 4.69) is 33.7 Å². The summed E-state index contributed by atoms with van der Waals surface area (Å²) in [5, 5.41) is 2.73. The first-order valence-electron chi connectivity index (χ1n) is 9.84. The van der Waals surface area contributed by atoms with Crippen molar-refractivity contribution >= 4 is 35.1 Å². The Bertz CT molecular complexity index is 985. The number of benzene rings is 1. The Hall–Kier alpha value is -3.46. The lowest BCUT2D eigenvalue weighted by atomic mass is 10.2. The number of carbonyl (C=O) groups excluding carboxylic acids is 2. The summed E-state index contributed by atoms with van der Waals surface area (Å²) in [5.74, 6) is 0.892. The first-order valence-corrected chi connectivity index (χ1v) is 9.84. The number of nitrogens with zero attached hydrogens (tertiary/aromatic N) is 6. The lowest BCUT2D eigenvalue weighted by Crippen LogP contribution is -2.46. The minimum Gasteiger partial charge on any atom is -0.338 e. The third-order valence-corrected chi connectivity index (χ3v) is 5.31. The van der Waals surface area contributed by atoms with Crippen molar-refractivity contribution in [3.8, 4) is 0 Å². The lowest BCUT2D eigenvalue weighted by molar-refractivity contribution is -0.111. The third kappa shape index (κ3) is 3.84. The van der Waals surface area contributed by atoms with E-state index in [0.717, 1.165) is 31.7 Å². The average molecular weight is 407 g/mol. The van der Waals surface area contributed by atoms with Crippen LogP contribution < -0.4 is 15.1 Å². The molecule has 2 aliphatic heterocycles. The summed E-state index contributed by atoms with van der Waals surface area (Å²) >= 11 is 0.